The molecule has 0 saturated heterocycles. The molecule has 0 bridgehead atoms. The van der Waals surface area contributed by atoms with Gasteiger partial charge in [-0.2, -0.15) is 5.26 Å². The predicted octanol–water partition coefficient (Wildman–Crippen LogP) is 6.62. The standard InChI is InChI=1S/C28H24Cl2N2O5/c1-3-4-11-35-18-7-5-16(6-8-18)25-20-10-9-19(14-24(20)37-27(32)21(25)15-31)36-28(33)17-12-22(29)26(34-2)23(30)13-17/h5-10,12-14,25H,3-4,11,32H2,1-2H3. The maximum Gasteiger partial charge on any atom is 0.343 e. The summed E-state index contributed by atoms with van der Waals surface area (Å²) < 4.78 is 22.1. The third kappa shape index (κ3) is 5.61. The van der Waals surface area contributed by atoms with Gasteiger partial charge in [-0.25, -0.2) is 4.79 Å². The van der Waals surface area contributed by atoms with E-state index in [9.17, 15) is 10.1 Å². The van der Waals surface area contributed by atoms with Crippen LogP contribution in [0.3, 0.4) is 0 Å². The van der Waals surface area contributed by atoms with E-state index in [1.165, 1.54) is 19.2 Å². The SMILES string of the molecule is CCCCOc1ccc(C2C(C#N)=C(N)Oc3cc(OC(=O)c4cc(Cl)c(OC)c(Cl)c4)ccc32)cc1. The van der Waals surface area contributed by atoms with Crippen molar-refractivity contribution in [1.29, 1.82) is 5.26 Å². The van der Waals surface area contributed by atoms with Crippen LogP contribution in [0, 0.1) is 11.3 Å². The Hall–Kier alpha value is -3.86. The highest BCUT2D eigenvalue weighted by molar-refractivity contribution is 6.37. The van der Waals surface area contributed by atoms with Gasteiger partial charge in [0.15, 0.2) is 5.75 Å². The molecule has 37 heavy (non-hydrogen) atoms. The zero-order chi connectivity index (χ0) is 26.5. The second kappa shape index (κ2) is 11.5. The van der Waals surface area contributed by atoms with Crippen molar-refractivity contribution in [3.63, 3.8) is 0 Å². The van der Waals surface area contributed by atoms with Crippen molar-refractivity contribution >= 4 is 29.2 Å². The van der Waals surface area contributed by atoms with Crippen LogP contribution in [-0.2, 0) is 0 Å². The Labute approximate surface area is 224 Å². The van der Waals surface area contributed by atoms with Crippen LogP contribution >= 0.6 is 23.2 Å². The molecule has 0 aromatic heterocycles. The molecule has 0 aliphatic carbocycles. The van der Waals surface area contributed by atoms with Gasteiger partial charge in [-0.3, -0.25) is 0 Å². The van der Waals surface area contributed by atoms with Crippen molar-refractivity contribution in [2.24, 2.45) is 5.73 Å². The minimum Gasteiger partial charge on any atom is -0.494 e. The Bertz CT molecular complexity index is 1370. The Morgan fingerprint density at radius 1 is 1.08 bits per heavy atom. The van der Waals surface area contributed by atoms with E-state index in [4.69, 9.17) is 47.9 Å². The van der Waals surface area contributed by atoms with Crippen molar-refractivity contribution in [1.82, 2.24) is 0 Å². The predicted molar refractivity (Wildman–Crippen MR) is 141 cm³/mol. The number of methoxy groups -OCH3 is 1. The largest absolute Gasteiger partial charge is 0.494 e. The number of hydrogen-bond acceptors (Lipinski definition) is 7. The Kier molecular flexibility index (Phi) is 8.12. The first-order chi connectivity index (χ1) is 17.9. The number of nitriles is 1. The Morgan fingerprint density at radius 3 is 2.38 bits per heavy atom. The van der Waals surface area contributed by atoms with Crippen molar-refractivity contribution in [2.45, 2.75) is 25.7 Å². The van der Waals surface area contributed by atoms with E-state index in [-0.39, 0.29) is 33.0 Å². The van der Waals surface area contributed by atoms with Gasteiger partial charge in [0.25, 0.3) is 0 Å². The Balaban J connectivity index is 1.61. The topological polar surface area (TPSA) is 104 Å². The molecule has 7 nitrogen and oxygen atoms in total. The fraction of sp³-hybridized carbons (Fsp3) is 0.214. The van der Waals surface area contributed by atoms with Crippen LogP contribution in [-0.4, -0.2) is 19.7 Å². The number of carbonyl (C=O) groups excluding carboxylic acids is 1. The van der Waals surface area contributed by atoms with E-state index in [0.29, 0.717) is 23.5 Å². The summed E-state index contributed by atoms with van der Waals surface area (Å²) in [5.41, 5.74) is 8.11. The summed E-state index contributed by atoms with van der Waals surface area (Å²) in [4.78, 5) is 12.8. The minimum absolute atomic E-state index is 0.0135. The molecule has 0 fully saturated rings. The number of rotatable bonds is 8. The molecule has 0 amide bonds. The number of nitrogens with zero attached hydrogens (tertiary/aromatic N) is 1. The van der Waals surface area contributed by atoms with Gasteiger partial charge in [0.1, 0.15) is 28.9 Å². The van der Waals surface area contributed by atoms with Crippen LogP contribution in [0.25, 0.3) is 0 Å². The highest BCUT2D eigenvalue weighted by Gasteiger charge is 2.31. The molecular weight excluding hydrogens is 515 g/mol. The second-order valence-electron chi connectivity index (χ2n) is 8.26. The molecule has 190 valence electrons. The van der Waals surface area contributed by atoms with E-state index >= 15 is 0 Å². The zero-order valence-electron chi connectivity index (χ0n) is 20.2. The number of unbranched alkanes of at least 4 members (excludes halogenated alkanes) is 1. The monoisotopic (exact) mass is 538 g/mol. The van der Waals surface area contributed by atoms with Crippen LogP contribution in [0.1, 0.15) is 47.2 Å². The molecule has 9 heteroatoms. The molecule has 0 spiro atoms. The lowest BCUT2D eigenvalue weighted by Gasteiger charge is -2.26. The number of halogens is 2. The van der Waals surface area contributed by atoms with Crippen molar-refractivity contribution in [2.75, 3.05) is 13.7 Å². The number of hydrogen-bond donors (Lipinski definition) is 1. The quantitative estimate of drug-likeness (QED) is 0.195. The fourth-order valence-electron chi connectivity index (χ4n) is 3.97. The molecule has 3 aromatic rings. The normalized spacial score (nSPS) is 14.3. The first kappa shape index (κ1) is 26.2. The molecule has 2 N–H and O–H groups in total. The van der Waals surface area contributed by atoms with Gasteiger partial charge in [-0.1, -0.05) is 54.7 Å². The molecule has 1 unspecified atom stereocenters. The third-order valence-electron chi connectivity index (χ3n) is 5.82. The van der Waals surface area contributed by atoms with Crippen LogP contribution in [0.5, 0.6) is 23.0 Å². The maximum absolute atomic E-state index is 12.8. The first-order valence-corrected chi connectivity index (χ1v) is 12.3. The number of nitrogens with two attached hydrogens (primary N) is 1. The summed E-state index contributed by atoms with van der Waals surface area (Å²) >= 11 is 12.3. The van der Waals surface area contributed by atoms with Gasteiger partial charge >= 0.3 is 5.97 Å². The van der Waals surface area contributed by atoms with Crippen LogP contribution in [0.2, 0.25) is 10.0 Å². The molecular formula is C28H24Cl2N2O5. The molecule has 1 atom stereocenters. The second-order valence-corrected chi connectivity index (χ2v) is 9.07. The van der Waals surface area contributed by atoms with Gasteiger partial charge in [0, 0.05) is 11.6 Å². The molecule has 4 rings (SSSR count). The molecule has 1 heterocycles. The average molecular weight is 539 g/mol. The lowest BCUT2D eigenvalue weighted by Crippen LogP contribution is -2.21. The van der Waals surface area contributed by atoms with E-state index in [1.807, 2.05) is 24.3 Å². The van der Waals surface area contributed by atoms with Gasteiger partial charge in [-0.05, 0) is 42.3 Å². The molecule has 0 saturated carbocycles. The van der Waals surface area contributed by atoms with Gasteiger partial charge in [-0.15, -0.1) is 0 Å². The zero-order valence-corrected chi connectivity index (χ0v) is 21.7. The number of fused-ring (bicyclic) bond motifs is 1. The van der Waals surface area contributed by atoms with E-state index in [0.717, 1.165) is 24.2 Å². The summed E-state index contributed by atoms with van der Waals surface area (Å²) in [7, 11) is 1.43. The molecule has 1 aliphatic heterocycles. The lowest BCUT2D eigenvalue weighted by atomic mass is 9.83. The van der Waals surface area contributed by atoms with Crippen molar-refractivity contribution in [3.8, 4) is 29.1 Å². The van der Waals surface area contributed by atoms with E-state index in [1.54, 1.807) is 18.2 Å². The maximum atomic E-state index is 12.8. The number of carbonyl (C=O) groups is 1. The van der Waals surface area contributed by atoms with Gasteiger partial charge in [0.05, 0.1) is 35.2 Å². The first-order valence-electron chi connectivity index (χ1n) is 11.6. The highest BCUT2D eigenvalue weighted by Crippen LogP contribution is 2.44. The summed E-state index contributed by atoms with van der Waals surface area (Å²) in [6.07, 6.45) is 2.02. The number of benzene rings is 3. The summed E-state index contributed by atoms with van der Waals surface area (Å²) in [6, 6.07) is 17.4. The summed E-state index contributed by atoms with van der Waals surface area (Å²) in [5, 5.41) is 10.2. The van der Waals surface area contributed by atoms with Crippen LogP contribution in [0.15, 0.2) is 66.1 Å². The number of allylic oxidation sites excluding steroid dienone is 1. The van der Waals surface area contributed by atoms with Crippen molar-refractivity contribution in [3.05, 3.63) is 92.8 Å². The fourth-order valence-corrected chi connectivity index (χ4v) is 4.61. The van der Waals surface area contributed by atoms with Crippen LogP contribution < -0.4 is 24.7 Å². The molecule has 3 aromatic carbocycles. The summed E-state index contributed by atoms with van der Waals surface area (Å²) in [6.45, 7) is 2.74. The van der Waals surface area contributed by atoms with Gasteiger partial charge in [0.2, 0.25) is 5.88 Å². The smallest absolute Gasteiger partial charge is 0.343 e. The highest BCUT2D eigenvalue weighted by atomic mass is 35.5. The molecule has 0 radical (unpaired) electrons. The van der Waals surface area contributed by atoms with Crippen molar-refractivity contribution < 1.29 is 23.7 Å². The average Bonchev–Trinajstić information content (AvgIpc) is 2.88. The van der Waals surface area contributed by atoms with E-state index < -0.39 is 11.9 Å². The minimum atomic E-state index is -0.668. The molecule has 1 aliphatic rings. The third-order valence-corrected chi connectivity index (χ3v) is 6.38. The van der Waals surface area contributed by atoms with Crippen LogP contribution in [0.4, 0.5) is 0 Å². The Morgan fingerprint density at radius 2 is 1.76 bits per heavy atom. The van der Waals surface area contributed by atoms with Gasteiger partial charge < -0.3 is 24.7 Å². The number of esters is 1. The lowest BCUT2D eigenvalue weighted by molar-refractivity contribution is 0.0734. The summed E-state index contributed by atoms with van der Waals surface area (Å²) in [5.74, 6) is 0.478. The number of ether oxygens (including phenoxy) is 4. The van der Waals surface area contributed by atoms with E-state index in [2.05, 4.69) is 13.0 Å².